The molecule has 2 aromatic heterocycles. The molecule has 0 unspecified atom stereocenters. The number of carbonyl (C=O) groups excluding carboxylic acids is 1. The van der Waals surface area contributed by atoms with Crippen LogP contribution in [0.1, 0.15) is 15.4 Å². The lowest BCUT2D eigenvalue weighted by Crippen LogP contribution is -2.21. The molecule has 2 heterocycles. The molecule has 0 spiro atoms. The minimum absolute atomic E-state index is 0.190. The summed E-state index contributed by atoms with van der Waals surface area (Å²) in [5.41, 5.74) is 3.54. The van der Waals surface area contributed by atoms with Crippen molar-refractivity contribution in [2.75, 3.05) is 7.11 Å². The maximum Gasteiger partial charge on any atom is 0.261 e. The number of carbonyl (C=O) groups is 1. The largest absolute Gasteiger partial charge is 0.496 e. The second kappa shape index (κ2) is 8.46. The normalized spacial score (nSPS) is 10.7. The van der Waals surface area contributed by atoms with E-state index in [2.05, 4.69) is 15.6 Å². The molecule has 4 aromatic rings. The summed E-state index contributed by atoms with van der Waals surface area (Å²) in [6.45, 7) is 0.271. The van der Waals surface area contributed by atoms with Crippen LogP contribution in [0.3, 0.4) is 0 Å². The van der Waals surface area contributed by atoms with Gasteiger partial charge in [-0.15, -0.1) is 16.4 Å². The van der Waals surface area contributed by atoms with Crippen LogP contribution in [0.5, 0.6) is 5.75 Å². The highest BCUT2D eigenvalue weighted by atomic mass is 35.5. The first-order valence-corrected chi connectivity index (χ1v) is 10.0. The Kier molecular flexibility index (Phi) is 5.59. The second-order valence-electron chi connectivity index (χ2n) is 6.19. The molecule has 1 amide bonds. The molecular weight excluding hydrogens is 408 g/mol. The number of benzene rings is 2. The molecule has 2 aromatic carbocycles. The third-order valence-corrected chi connectivity index (χ3v) is 5.53. The van der Waals surface area contributed by atoms with E-state index in [0.717, 1.165) is 22.6 Å². The monoisotopic (exact) mass is 424 g/mol. The van der Waals surface area contributed by atoms with Gasteiger partial charge >= 0.3 is 0 Å². The summed E-state index contributed by atoms with van der Waals surface area (Å²) in [4.78, 5) is 12.7. The summed E-state index contributed by atoms with van der Waals surface area (Å²) in [7, 11) is 1.64. The first-order valence-electron chi connectivity index (χ1n) is 8.82. The predicted octanol–water partition coefficient (Wildman–Crippen LogP) is 4.59. The summed E-state index contributed by atoms with van der Waals surface area (Å²) in [5, 5.41) is 11.1. The fourth-order valence-corrected chi connectivity index (χ4v) is 3.84. The molecule has 1 N–H and O–H groups in total. The molecule has 0 atom stereocenters. The molecule has 6 nitrogen and oxygen atoms in total. The van der Waals surface area contributed by atoms with Gasteiger partial charge in [-0.25, -0.2) is 4.68 Å². The minimum atomic E-state index is -0.190. The quantitative estimate of drug-likeness (QED) is 0.491. The van der Waals surface area contributed by atoms with Gasteiger partial charge in [0.1, 0.15) is 11.4 Å². The molecule has 0 bridgehead atoms. The molecule has 0 aliphatic carbocycles. The van der Waals surface area contributed by atoms with Crippen LogP contribution in [0, 0.1) is 0 Å². The van der Waals surface area contributed by atoms with Crippen LogP contribution in [0.2, 0.25) is 4.34 Å². The van der Waals surface area contributed by atoms with Crippen LogP contribution in [0.25, 0.3) is 16.8 Å². The van der Waals surface area contributed by atoms with E-state index in [0.29, 0.717) is 14.9 Å². The summed E-state index contributed by atoms with van der Waals surface area (Å²) >= 11 is 7.11. The smallest absolute Gasteiger partial charge is 0.261 e. The zero-order valence-electron chi connectivity index (χ0n) is 15.5. The number of amides is 1. The van der Waals surface area contributed by atoms with Gasteiger partial charge in [-0.1, -0.05) is 47.1 Å². The Hall–Kier alpha value is -3.16. The number of nitrogens with one attached hydrogen (secondary N) is 1. The number of nitrogens with zero attached hydrogens (tertiary/aromatic N) is 3. The highest BCUT2D eigenvalue weighted by Crippen LogP contribution is 2.31. The summed E-state index contributed by atoms with van der Waals surface area (Å²) < 4.78 is 7.80. The first kappa shape index (κ1) is 19.2. The Labute approximate surface area is 176 Å². The van der Waals surface area contributed by atoms with Crippen molar-refractivity contribution in [2.45, 2.75) is 6.54 Å². The SMILES string of the molecule is COc1cc(-n2cc(CNC(=O)c3ccc(Cl)s3)nn2)ccc1-c1ccccc1. The van der Waals surface area contributed by atoms with Crippen LogP contribution >= 0.6 is 22.9 Å². The van der Waals surface area contributed by atoms with E-state index in [4.69, 9.17) is 16.3 Å². The first-order chi connectivity index (χ1) is 14.1. The van der Waals surface area contributed by atoms with Gasteiger partial charge in [0, 0.05) is 11.6 Å². The Morgan fingerprint density at radius 2 is 2.00 bits per heavy atom. The molecule has 29 heavy (non-hydrogen) atoms. The molecule has 0 saturated carbocycles. The van der Waals surface area contributed by atoms with Crippen LogP contribution in [0.4, 0.5) is 0 Å². The number of aromatic nitrogens is 3. The number of thiophene rings is 1. The average Bonchev–Trinajstić information content (AvgIpc) is 3.41. The molecule has 0 radical (unpaired) electrons. The van der Waals surface area contributed by atoms with Crippen LogP contribution in [0.15, 0.2) is 66.9 Å². The Balaban J connectivity index is 1.49. The van der Waals surface area contributed by atoms with Gasteiger partial charge in [0.15, 0.2) is 0 Å². The molecule has 0 fully saturated rings. The Bertz CT molecular complexity index is 1140. The van der Waals surface area contributed by atoms with Crippen LogP contribution in [-0.2, 0) is 6.54 Å². The fourth-order valence-electron chi connectivity index (χ4n) is 2.88. The second-order valence-corrected chi connectivity index (χ2v) is 7.91. The predicted molar refractivity (Wildman–Crippen MR) is 114 cm³/mol. The third kappa shape index (κ3) is 4.31. The van der Waals surface area contributed by atoms with Crippen molar-refractivity contribution in [1.82, 2.24) is 20.3 Å². The highest BCUT2D eigenvalue weighted by Gasteiger charge is 2.12. The van der Waals surface area contributed by atoms with Crippen molar-refractivity contribution in [1.29, 1.82) is 0 Å². The fraction of sp³-hybridized carbons (Fsp3) is 0.0952. The van der Waals surface area contributed by atoms with Gasteiger partial charge < -0.3 is 10.1 Å². The number of ether oxygens (including phenoxy) is 1. The van der Waals surface area contributed by atoms with E-state index in [1.165, 1.54) is 11.3 Å². The zero-order valence-corrected chi connectivity index (χ0v) is 17.1. The lowest BCUT2D eigenvalue weighted by atomic mass is 10.0. The van der Waals surface area contributed by atoms with Crippen molar-refractivity contribution in [3.05, 3.63) is 81.8 Å². The number of hydrogen-bond donors (Lipinski definition) is 1. The van der Waals surface area contributed by atoms with Gasteiger partial charge in [0.2, 0.25) is 0 Å². The molecule has 146 valence electrons. The van der Waals surface area contributed by atoms with Crippen molar-refractivity contribution in [2.24, 2.45) is 0 Å². The zero-order chi connectivity index (χ0) is 20.2. The van der Waals surface area contributed by atoms with E-state index < -0.39 is 0 Å². The van der Waals surface area contributed by atoms with Crippen molar-refractivity contribution in [3.8, 4) is 22.6 Å². The molecule has 4 rings (SSSR count). The van der Waals surface area contributed by atoms with Gasteiger partial charge in [-0.3, -0.25) is 4.79 Å². The number of halogens is 1. The number of methoxy groups -OCH3 is 1. The average molecular weight is 425 g/mol. The summed E-state index contributed by atoms with van der Waals surface area (Å²) in [6, 6.07) is 19.3. The van der Waals surface area contributed by atoms with Gasteiger partial charge in [0.05, 0.1) is 34.8 Å². The van der Waals surface area contributed by atoms with Gasteiger partial charge in [-0.05, 0) is 29.8 Å². The van der Waals surface area contributed by atoms with Crippen LogP contribution in [-0.4, -0.2) is 28.0 Å². The minimum Gasteiger partial charge on any atom is -0.496 e. The Morgan fingerprint density at radius 3 is 2.72 bits per heavy atom. The lowest BCUT2D eigenvalue weighted by Gasteiger charge is -2.10. The number of hydrogen-bond acceptors (Lipinski definition) is 5. The van der Waals surface area contributed by atoms with E-state index in [9.17, 15) is 4.79 Å². The van der Waals surface area contributed by atoms with Crippen molar-refractivity contribution >= 4 is 28.8 Å². The molecule has 0 aliphatic rings. The van der Waals surface area contributed by atoms with E-state index in [-0.39, 0.29) is 12.5 Å². The number of rotatable bonds is 6. The summed E-state index contributed by atoms with van der Waals surface area (Å²) in [5.74, 6) is 0.555. The Morgan fingerprint density at radius 1 is 1.17 bits per heavy atom. The van der Waals surface area contributed by atoms with Gasteiger partial charge in [0.25, 0.3) is 5.91 Å². The van der Waals surface area contributed by atoms with Gasteiger partial charge in [-0.2, -0.15) is 0 Å². The topological polar surface area (TPSA) is 69.0 Å². The highest BCUT2D eigenvalue weighted by molar-refractivity contribution is 7.17. The van der Waals surface area contributed by atoms with E-state index in [1.54, 1.807) is 30.1 Å². The molecule has 0 aliphatic heterocycles. The third-order valence-electron chi connectivity index (χ3n) is 4.30. The van der Waals surface area contributed by atoms with E-state index in [1.807, 2.05) is 48.5 Å². The standard InChI is InChI=1S/C21H17ClN4O2S/c1-28-18-11-16(7-8-17(18)14-5-3-2-4-6-14)26-13-15(24-25-26)12-23-21(27)19-9-10-20(22)29-19/h2-11,13H,12H2,1H3,(H,23,27). The summed E-state index contributed by atoms with van der Waals surface area (Å²) in [6.07, 6.45) is 1.78. The molecular formula is C21H17ClN4O2S. The maximum absolute atomic E-state index is 12.1. The van der Waals surface area contributed by atoms with E-state index >= 15 is 0 Å². The molecule has 8 heteroatoms. The van der Waals surface area contributed by atoms with Crippen molar-refractivity contribution < 1.29 is 9.53 Å². The van der Waals surface area contributed by atoms with Crippen LogP contribution < -0.4 is 10.1 Å². The maximum atomic E-state index is 12.1. The molecule has 0 saturated heterocycles. The lowest BCUT2D eigenvalue weighted by molar-refractivity contribution is 0.0954. The van der Waals surface area contributed by atoms with Crippen molar-refractivity contribution in [3.63, 3.8) is 0 Å².